The van der Waals surface area contributed by atoms with Crippen LogP contribution in [0.2, 0.25) is 0 Å². The highest BCUT2D eigenvalue weighted by Gasteiger charge is 2.19. The zero-order valence-corrected chi connectivity index (χ0v) is 13.5. The van der Waals surface area contributed by atoms with Crippen LogP contribution in [0.25, 0.3) is 22.0 Å². The molecule has 1 aromatic rings. The van der Waals surface area contributed by atoms with E-state index in [0.717, 1.165) is 52.5 Å². The number of aryl methyl sites for hydroxylation is 2. The van der Waals surface area contributed by atoms with Crippen LogP contribution in [0.5, 0.6) is 0 Å². The molecule has 0 bridgehead atoms. The van der Waals surface area contributed by atoms with Crippen molar-refractivity contribution in [3.63, 3.8) is 0 Å². The summed E-state index contributed by atoms with van der Waals surface area (Å²) >= 11 is 0. The molecule has 5 nitrogen and oxygen atoms in total. The van der Waals surface area contributed by atoms with Gasteiger partial charge in [0.2, 0.25) is 0 Å². The molecule has 0 fully saturated rings. The maximum atomic E-state index is 9.04. The topological polar surface area (TPSA) is 70.7 Å². The van der Waals surface area contributed by atoms with Crippen LogP contribution in [0.15, 0.2) is 40.7 Å². The monoisotopic (exact) mass is 308 g/mol. The molecule has 0 unspecified atom stereocenters. The van der Waals surface area contributed by atoms with Crippen LogP contribution in [-0.2, 0) is 6.42 Å². The number of nitrogens with zero attached hydrogens (tertiary/aromatic N) is 4. The van der Waals surface area contributed by atoms with Gasteiger partial charge in [0.15, 0.2) is 5.82 Å². The maximum Gasteiger partial charge on any atom is 0.182 e. The minimum atomic E-state index is 0.205. The van der Waals surface area contributed by atoms with E-state index >= 15 is 0 Å². The van der Waals surface area contributed by atoms with E-state index in [1.54, 1.807) is 7.05 Å². The molecule has 0 atom stereocenters. The number of unbranched alkanes of at least 4 members (excludes halogenated alkanes) is 1. The summed E-state index contributed by atoms with van der Waals surface area (Å²) in [4.78, 5) is 9.30. The van der Waals surface area contributed by atoms with Crippen molar-refractivity contribution in [1.29, 1.82) is 0 Å². The zero-order chi connectivity index (χ0) is 16.2. The highest BCUT2D eigenvalue weighted by molar-refractivity contribution is 5.92. The summed E-state index contributed by atoms with van der Waals surface area (Å²) in [5, 5.41) is 18.2. The van der Waals surface area contributed by atoms with Gasteiger partial charge in [-0.1, -0.05) is 18.2 Å². The fourth-order valence-corrected chi connectivity index (χ4v) is 2.96. The number of azo groups is 1. The Morgan fingerprint density at radius 3 is 2.78 bits per heavy atom. The molecule has 0 spiro atoms. The minimum Gasteiger partial charge on any atom is -0.396 e. The molecular formula is C18H20N4O. The molecule has 0 aliphatic carbocycles. The fourth-order valence-electron chi connectivity index (χ4n) is 2.96. The third-order valence-electron chi connectivity index (χ3n) is 4.07. The van der Waals surface area contributed by atoms with Gasteiger partial charge in [0.05, 0.1) is 11.2 Å². The van der Waals surface area contributed by atoms with E-state index in [2.05, 4.69) is 28.2 Å². The van der Waals surface area contributed by atoms with Gasteiger partial charge in [-0.05, 0) is 37.8 Å². The third-order valence-corrected chi connectivity index (χ3v) is 4.07. The average Bonchev–Trinajstić information content (AvgIpc) is 2.93. The molecule has 118 valence electrons. The Morgan fingerprint density at radius 2 is 2.00 bits per heavy atom. The van der Waals surface area contributed by atoms with E-state index in [-0.39, 0.29) is 6.61 Å². The first kappa shape index (κ1) is 15.5. The summed E-state index contributed by atoms with van der Waals surface area (Å²) in [7, 11) is 1.65. The summed E-state index contributed by atoms with van der Waals surface area (Å²) in [6.45, 7) is 2.29. The maximum absolute atomic E-state index is 9.04. The highest BCUT2D eigenvalue weighted by Crippen LogP contribution is 2.39. The summed E-state index contributed by atoms with van der Waals surface area (Å²) in [6.07, 6.45) is 4.32. The second kappa shape index (κ2) is 6.79. The Kier molecular flexibility index (Phi) is 4.57. The van der Waals surface area contributed by atoms with E-state index in [4.69, 9.17) is 10.1 Å². The zero-order valence-electron chi connectivity index (χ0n) is 13.5. The first-order valence-electron chi connectivity index (χ1n) is 7.84. The van der Waals surface area contributed by atoms with Crippen LogP contribution in [0.3, 0.4) is 0 Å². The van der Waals surface area contributed by atoms with Gasteiger partial charge in [0.25, 0.3) is 0 Å². The lowest BCUT2D eigenvalue weighted by molar-refractivity contribution is 0.284. The van der Waals surface area contributed by atoms with Crippen molar-refractivity contribution >= 4 is 16.7 Å². The largest absolute Gasteiger partial charge is 0.396 e. The predicted octanol–water partition coefficient (Wildman–Crippen LogP) is 4.07. The molecule has 0 radical (unpaired) electrons. The molecule has 1 aromatic carbocycles. The van der Waals surface area contributed by atoms with Crippen LogP contribution >= 0.6 is 0 Å². The molecule has 0 saturated heterocycles. The average molecular weight is 308 g/mol. The van der Waals surface area contributed by atoms with Crippen molar-refractivity contribution in [1.82, 2.24) is 9.97 Å². The van der Waals surface area contributed by atoms with Crippen molar-refractivity contribution in [2.75, 3.05) is 13.7 Å². The SMILES string of the molecule is CN=Nc1ncc2c(CCCCO)nc3ccccc3c(C)c1-2. The number of fused-ring (bicyclic) bond motifs is 2. The number of aliphatic hydroxyl groups excluding tert-OH is 1. The van der Waals surface area contributed by atoms with Gasteiger partial charge in [-0.15, -0.1) is 5.11 Å². The van der Waals surface area contributed by atoms with Crippen LogP contribution < -0.4 is 0 Å². The van der Waals surface area contributed by atoms with Gasteiger partial charge in [0.1, 0.15) is 0 Å². The second-order valence-corrected chi connectivity index (χ2v) is 5.55. The van der Waals surface area contributed by atoms with Gasteiger partial charge in [-0.3, -0.25) is 4.98 Å². The Bertz CT molecular complexity index is 829. The van der Waals surface area contributed by atoms with Crippen molar-refractivity contribution < 1.29 is 5.11 Å². The number of benzene rings is 1. The molecule has 0 saturated carbocycles. The van der Waals surface area contributed by atoms with E-state index in [9.17, 15) is 0 Å². The van der Waals surface area contributed by atoms with Crippen LogP contribution in [-0.4, -0.2) is 28.7 Å². The van der Waals surface area contributed by atoms with Crippen molar-refractivity contribution in [2.45, 2.75) is 26.2 Å². The first-order valence-corrected chi connectivity index (χ1v) is 7.84. The van der Waals surface area contributed by atoms with E-state index in [0.29, 0.717) is 5.82 Å². The third kappa shape index (κ3) is 2.92. The lowest BCUT2D eigenvalue weighted by Crippen LogP contribution is -1.93. The summed E-state index contributed by atoms with van der Waals surface area (Å²) < 4.78 is 0. The molecule has 5 heteroatoms. The summed E-state index contributed by atoms with van der Waals surface area (Å²) in [5.74, 6) is 0.645. The minimum absolute atomic E-state index is 0.205. The lowest BCUT2D eigenvalue weighted by atomic mass is 10.0. The molecule has 23 heavy (non-hydrogen) atoms. The standard InChI is InChI=1S/C18H20N4O/c1-12-13-7-3-4-8-15(13)21-16(9-5-6-10-23)14-11-20-18(17(12)14)22-19-2/h3-4,7-8,11,23H,5-6,9-10H2,1-2H3. The van der Waals surface area contributed by atoms with Crippen molar-refractivity contribution in [3.05, 3.63) is 41.7 Å². The van der Waals surface area contributed by atoms with Crippen LogP contribution in [0, 0.1) is 6.92 Å². The van der Waals surface area contributed by atoms with Gasteiger partial charge < -0.3 is 5.11 Å². The Morgan fingerprint density at radius 1 is 1.17 bits per heavy atom. The Labute approximate surface area is 135 Å². The summed E-state index contributed by atoms with van der Waals surface area (Å²) in [6, 6.07) is 8.13. The van der Waals surface area contributed by atoms with Gasteiger partial charge in [0, 0.05) is 36.4 Å². The van der Waals surface area contributed by atoms with E-state index < -0.39 is 0 Å². The number of aromatic nitrogens is 2. The highest BCUT2D eigenvalue weighted by atomic mass is 16.2. The quantitative estimate of drug-likeness (QED) is 0.570. The second-order valence-electron chi connectivity index (χ2n) is 5.55. The Balaban J connectivity index is 2.27. The van der Waals surface area contributed by atoms with Crippen LogP contribution in [0.4, 0.5) is 5.82 Å². The van der Waals surface area contributed by atoms with Gasteiger partial charge in [-0.2, -0.15) is 5.11 Å². The van der Waals surface area contributed by atoms with Gasteiger partial charge in [-0.25, -0.2) is 4.98 Å². The van der Waals surface area contributed by atoms with Crippen LogP contribution in [0.1, 0.15) is 24.1 Å². The number of para-hydroxylation sites is 1. The normalized spacial score (nSPS) is 11.8. The van der Waals surface area contributed by atoms with E-state index in [1.807, 2.05) is 24.4 Å². The molecule has 2 heterocycles. The van der Waals surface area contributed by atoms with E-state index in [1.165, 1.54) is 0 Å². The smallest absolute Gasteiger partial charge is 0.182 e. The van der Waals surface area contributed by atoms with Crippen molar-refractivity contribution in [3.8, 4) is 11.1 Å². The fraction of sp³-hybridized carbons (Fsp3) is 0.333. The molecule has 1 N–H and O–H groups in total. The van der Waals surface area contributed by atoms with Gasteiger partial charge >= 0.3 is 0 Å². The summed E-state index contributed by atoms with van der Waals surface area (Å²) in [5.41, 5.74) is 5.14. The number of hydrogen-bond acceptors (Lipinski definition) is 5. The lowest BCUT2D eigenvalue weighted by Gasteiger charge is -2.03. The first-order chi connectivity index (χ1) is 11.3. The molecule has 0 amide bonds. The molecule has 2 aliphatic rings. The molecular weight excluding hydrogens is 288 g/mol. The number of hydrogen-bond donors (Lipinski definition) is 1. The van der Waals surface area contributed by atoms with Crippen molar-refractivity contribution in [2.24, 2.45) is 10.2 Å². The molecule has 2 aliphatic heterocycles. The number of aliphatic hydroxyl groups is 1. The Hall–Kier alpha value is -2.40. The molecule has 0 aromatic heterocycles. The molecule has 3 rings (SSSR count). The number of rotatable bonds is 5. The predicted molar refractivity (Wildman–Crippen MR) is 91.4 cm³/mol.